The van der Waals surface area contributed by atoms with E-state index in [2.05, 4.69) is 26.3 Å². The molecule has 0 saturated carbocycles. The molecule has 54 heavy (non-hydrogen) atoms. The van der Waals surface area contributed by atoms with Gasteiger partial charge in [-0.25, -0.2) is 4.79 Å². The molecular weight excluding hydrogens is 700 g/mol. The Hall–Kier alpha value is -5.48. The number of carbonyl (C=O) groups is 5. The van der Waals surface area contributed by atoms with E-state index in [-0.39, 0.29) is 57.5 Å². The number of methoxy groups -OCH3 is 1. The van der Waals surface area contributed by atoms with Crippen LogP contribution in [-0.2, 0) is 30.4 Å². The minimum absolute atomic E-state index is 0.183. The van der Waals surface area contributed by atoms with Crippen LogP contribution in [0.25, 0.3) is 10.9 Å². The summed E-state index contributed by atoms with van der Waals surface area (Å²) in [4.78, 5) is 68.9. The lowest BCUT2D eigenvalue weighted by Gasteiger charge is -2.28. The molecule has 2 aromatic carbocycles. The molecule has 1 unspecified atom stereocenters. The summed E-state index contributed by atoms with van der Waals surface area (Å²) >= 11 is 0. The SMILES string of the molecule is COc1cc(CNC(=O)C(O)[C@@H]2CCCN2C(=O)CNC(=O)c2ccnc3cc(OCC(=O)NCCOCCNC(=O)OC(C)(C)C)ccc23)ccc1C. The molecule has 5 N–H and O–H groups in total. The number of aliphatic hydroxyl groups is 1. The lowest BCUT2D eigenvalue weighted by molar-refractivity contribution is -0.139. The first-order chi connectivity index (χ1) is 25.8. The molecule has 1 fully saturated rings. The predicted octanol–water partition coefficient (Wildman–Crippen LogP) is 1.99. The molecule has 5 amide bonds. The van der Waals surface area contributed by atoms with Crippen LogP contribution in [0.15, 0.2) is 48.7 Å². The van der Waals surface area contributed by atoms with Gasteiger partial charge in [-0.3, -0.25) is 24.2 Å². The predicted molar refractivity (Wildman–Crippen MR) is 198 cm³/mol. The second-order valence-corrected chi connectivity index (χ2v) is 13.7. The Balaban J connectivity index is 1.20. The van der Waals surface area contributed by atoms with E-state index in [4.69, 9.17) is 18.9 Å². The zero-order valence-electron chi connectivity index (χ0n) is 31.4. The molecule has 1 aromatic heterocycles. The van der Waals surface area contributed by atoms with Gasteiger partial charge in [-0.15, -0.1) is 0 Å². The van der Waals surface area contributed by atoms with Crippen molar-refractivity contribution in [1.82, 2.24) is 31.2 Å². The molecule has 0 bridgehead atoms. The van der Waals surface area contributed by atoms with Crippen LogP contribution >= 0.6 is 0 Å². The highest BCUT2D eigenvalue weighted by atomic mass is 16.6. The molecule has 3 aromatic rings. The maximum absolute atomic E-state index is 13.2. The van der Waals surface area contributed by atoms with Crippen molar-refractivity contribution in [3.8, 4) is 11.5 Å². The van der Waals surface area contributed by atoms with Crippen LogP contribution < -0.4 is 30.7 Å². The Morgan fingerprint density at radius 3 is 2.48 bits per heavy atom. The number of alkyl carbamates (subject to hydrolysis) is 1. The molecule has 2 heterocycles. The number of carbonyl (C=O) groups excluding carboxylic acids is 5. The Kier molecular flexibility index (Phi) is 14.9. The number of pyridine rings is 1. The summed E-state index contributed by atoms with van der Waals surface area (Å²) in [5, 5.41) is 22.0. The van der Waals surface area contributed by atoms with Crippen molar-refractivity contribution in [2.75, 3.05) is 53.1 Å². The van der Waals surface area contributed by atoms with Gasteiger partial charge in [0.25, 0.3) is 17.7 Å². The van der Waals surface area contributed by atoms with E-state index in [1.807, 2.05) is 25.1 Å². The molecule has 16 heteroatoms. The van der Waals surface area contributed by atoms with Crippen molar-refractivity contribution in [3.05, 3.63) is 65.4 Å². The van der Waals surface area contributed by atoms with Crippen LogP contribution in [0.5, 0.6) is 11.5 Å². The van der Waals surface area contributed by atoms with Crippen LogP contribution in [0.4, 0.5) is 4.79 Å². The van der Waals surface area contributed by atoms with E-state index in [1.165, 1.54) is 17.2 Å². The normalized spacial score (nSPS) is 14.6. The number of likely N-dealkylation sites (tertiary alicyclic amines) is 1. The van der Waals surface area contributed by atoms with Crippen molar-refractivity contribution in [1.29, 1.82) is 0 Å². The lowest BCUT2D eigenvalue weighted by atomic mass is 10.1. The number of rotatable bonds is 17. The summed E-state index contributed by atoms with van der Waals surface area (Å²) in [6, 6.07) is 11.2. The number of nitrogens with zero attached hydrogens (tertiary/aromatic N) is 2. The van der Waals surface area contributed by atoms with Gasteiger partial charge in [0.15, 0.2) is 12.7 Å². The largest absolute Gasteiger partial charge is 0.496 e. The van der Waals surface area contributed by atoms with Gasteiger partial charge >= 0.3 is 6.09 Å². The summed E-state index contributed by atoms with van der Waals surface area (Å²) in [5.74, 6) is -0.833. The zero-order valence-corrected chi connectivity index (χ0v) is 31.4. The van der Waals surface area contributed by atoms with E-state index < -0.39 is 41.6 Å². The Morgan fingerprint density at radius 1 is 0.981 bits per heavy atom. The first-order valence-electron chi connectivity index (χ1n) is 17.8. The molecule has 0 aliphatic carbocycles. The number of aryl methyl sites for hydroxylation is 1. The number of nitrogens with one attached hydrogen (secondary N) is 4. The average Bonchev–Trinajstić information content (AvgIpc) is 3.64. The molecule has 2 atom stereocenters. The number of aliphatic hydroxyl groups excluding tert-OH is 1. The van der Waals surface area contributed by atoms with Gasteiger partial charge in [0, 0.05) is 43.8 Å². The van der Waals surface area contributed by atoms with Gasteiger partial charge in [-0.1, -0.05) is 12.1 Å². The fourth-order valence-electron chi connectivity index (χ4n) is 5.75. The van der Waals surface area contributed by atoms with Crippen LogP contribution in [-0.4, -0.2) is 116 Å². The molecule has 4 rings (SSSR count). The highest BCUT2D eigenvalue weighted by molar-refractivity contribution is 6.07. The topological polar surface area (TPSA) is 207 Å². The van der Waals surface area contributed by atoms with Crippen LogP contribution in [0.2, 0.25) is 0 Å². The van der Waals surface area contributed by atoms with Crippen molar-refractivity contribution in [3.63, 3.8) is 0 Å². The molecule has 292 valence electrons. The van der Waals surface area contributed by atoms with Gasteiger partial charge in [0.1, 0.15) is 17.1 Å². The van der Waals surface area contributed by atoms with E-state index in [9.17, 15) is 29.1 Å². The van der Waals surface area contributed by atoms with Crippen LogP contribution in [0.1, 0.15) is 55.1 Å². The second kappa shape index (κ2) is 19.6. The van der Waals surface area contributed by atoms with Gasteiger partial charge < -0.3 is 50.2 Å². The monoisotopic (exact) mass is 750 g/mol. The summed E-state index contributed by atoms with van der Waals surface area (Å²) < 4.78 is 21.5. The average molecular weight is 751 g/mol. The third-order valence-electron chi connectivity index (χ3n) is 8.40. The highest BCUT2D eigenvalue weighted by Crippen LogP contribution is 2.24. The Bertz CT molecular complexity index is 1800. The van der Waals surface area contributed by atoms with E-state index in [0.717, 1.165) is 11.1 Å². The third kappa shape index (κ3) is 12.3. The molecule has 1 saturated heterocycles. The number of ether oxygens (including phenoxy) is 4. The van der Waals surface area contributed by atoms with Crippen molar-refractivity contribution < 1.29 is 48.0 Å². The second-order valence-electron chi connectivity index (χ2n) is 13.7. The molecule has 16 nitrogen and oxygen atoms in total. The quantitative estimate of drug-likeness (QED) is 0.126. The molecule has 1 aliphatic rings. The fraction of sp³-hybridized carbons (Fsp3) is 0.474. The molecule has 1 aliphatic heterocycles. The van der Waals surface area contributed by atoms with Gasteiger partial charge in [0.05, 0.1) is 44.0 Å². The minimum atomic E-state index is -1.44. The van der Waals surface area contributed by atoms with E-state index >= 15 is 0 Å². The maximum atomic E-state index is 13.2. The van der Waals surface area contributed by atoms with Gasteiger partial charge in [-0.05, 0) is 75.9 Å². The minimum Gasteiger partial charge on any atom is -0.496 e. The number of aromatic nitrogens is 1. The number of hydrogen-bond acceptors (Lipinski definition) is 11. The van der Waals surface area contributed by atoms with Crippen molar-refractivity contribution >= 4 is 40.6 Å². The lowest BCUT2D eigenvalue weighted by Crippen LogP contribution is -2.51. The molecular formula is C38H50N6O10. The van der Waals surface area contributed by atoms with Crippen molar-refractivity contribution in [2.24, 2.45) is 0 Å². The van der Waals surface area contributed by atoms with Gasteiger partial charge in [-0.2, -0.15) is 0 Å². The highest BCUT2D eigenvalue weighted by Gasteiger charge is 2.37. The Morgan fingerprint density at radius 2 is 1.74 bits per heavy atom. The number of benzene rings is 2. The summed E-state index contributed by atoms with van der Waals surface area (Å²) in [6.45, 7) is 8.17. The first-order valence-corrected chi connectivity index (χ1v) is 17.8. The smallest absolute Gasteiger partial charge is 0.407 e. The van der Waals surface area contributed by atoms with Crippen LogP contribution in [0.3, 0.4) is 0 Å². The third-order valence-corrected chi connectivity index (χ3v) is 8.40. The van der Waals surface area contributed by atoms with Crippen molar-refractivity contribution in [2.45, 2.75) is 64.8 Å². The first kappa shape index (κ1) is 41.3. The zero-order chi connectivity index (χ0) is 39.3. The number of fused-ring (bicyclic) bond motifs is 1. The number of amides is 5. The van der Waals surface area contributed by atoms with Gasteiger partial charge in [0.2, 0.25) is 5.91 Å². The van der Waals surface area contributed by atoms with Crippen LogP contribution in [0, 0.1) is 6.92 Å². The molecule has 0 radical (unpaired) electrons. The summed E-state index contributed by atoms with van der Waals surface area (Å²) in [5.41, 5.74) is 1.90. The van der Waals surface area contributed by atoms with E-state index in [0.29, 0.717) is 41.8 Å². The molecule has 0 spiro atoms. The summed E-state index contributed by atoms with van der Waals surface area (Å²) in [6.07, 6.45) is 0.537. The number of hydrogen-bond donors (Lipinski definition) is 5. The maximum Gasteiger partial charge on any atom is 0.407 e. The van der Waals surface area contributed by atoms with E-state index in [1.54, 1.807) is 46.1 Å². The summed E-state index contributed by atoms with van der Waals surface area (Å²) in [7, 11) is 1.57. The fourth-order valence-corrected chi connectivity index (χ4v) is 5.75. The standard InChI is InChI=1S/C38H50N6O10/c1-24-8-9-25(19-31(24)51-5)21-42-36(49)34(47)30-7-6-16-44(30)33(46)22-43-35(48)28-12-13-39-29-20-26(10-11-27(28)29)53-23-32(45)40-14-17-52-18-15-41-37(50)54-38(2,3)4/h8-13,19-20,30,34,47H,6-7,14-18,21-23H2,1-5H3,(H,40,45)(H,41,50)(H,42,49)(H,43,48)/t30-,34?/m0/s1. The Labute approximate surface area is 314 Å².